The van der Waals surface area contributed by atoms with Crippen molar-refractivity contribution >= 4 is 48.7 Å². The average molecular weight is 417 g/mol. The predicted molar refractivity (Wildman–Crippen MR) is 87.6 cm³/mol. The summed E-state index contributed by atoms with van der Waals surface area (Å²) in [5.74, 6) is 0.760. The van der Waals surface area contributed by atoms with Crippen LogP contribution in [0.3, 0.4) is 0 Å². The van der Waals surface area contributed by atoms with Gasteiger partial charge in [0.05, 0.1) is 12.8 Å². The van der Waals surface area contributed by atoms with Crippen LogP contribution in [-0.2, 0) is 8.03 Å². The molecule has 1 aromatic carbocycles. The topological polar surface area (TPSA) is 39.2 Å². The first-order chi connectivity index (χ1) is 9.54. The van der Waals surface area contributed by atoms with Gasteiger partial charge in [-0.2, -0.15) is 0 Å². The van der Waals surface area contributed by atoms with Gasteiger partial charge in [0.15, 0.2) is 3.23 Å². The molecule has 0 atom stereocenters. The summed E-state index contributed by atoms with van der Waals surface area (Å²) in [5.41, 5.74) is 0.617. The number of rotatable bonds is 4. The fourth-order valence-corrected chi connectivity index (χ4v) is 3.14. The van der Waals surface area contributed by atoms with Crippen molar-refractivity contribution in [3.8, 4) is 5.75 Å². The highest BCUT2D eigenvalue weighted by molar-refractivity contribution is 9.25. The van der Waals surface area contributed by atoms with Crippen LogP contribution in [-0.4, -0.2) is 17.2 Å². The number of ether oxygens (including phenoxy) is 1. The van der Waals surface area contributed by atoms with E-state index in [0.717, 1.165) is 22.4 Å². The van der Waals surface area contributed by atoms with Gasteiger partial charge in [-0.1, -0.05) is 37.9 Å². The molecule has 0 N–H and O–H groups in total. The fraction of sp³-hybridized carbons (Fsp3) is 0.143. The highest BCUT2D eigenvalue weighted by Crippen LogP contribution is 2.43. The Morgan fingerprint density at radius 2 is 1.90 bits per heavy atom. The van der Waals surface area contributed by atoms with E-state index < -0.39 is 3.23 Å². The Morgan fingerprint density at radius 1 is 1.20 bits per heavy atom. The fourth-order valence-electron chi connectivity index (χ4n) is 1.47. The van der Waals surface area contributed by atoms with Crippen LogP contribution in [0.15, 0.2) is 53.6 Å². The lowest BCUT2D eigenvalue weighted by molar-refractivity contribution is -0.111. The maximum atomic E-state index is 12.4. The van der Waals surface area contributed by atoms with Gasteiger partial charge in [0.2, 0.25) is 5.12 Å². The van der Waals surface area contributed by atoms with E-state index in [0.29, 0.717) is 5.69 Å². The molecular formula is C14H11Br2NO2S. The minimum absolute atomic E-state index is 0.0960. The number of halogens is 2. The summed E-state index contributed by atoms with van der Waals surface area (Å²) in [6.45, 7) is 0. The zero-order valence-corrected chi connectivity index (χ0v) is 14.5. The summed E-state index contributed by atoms with van der Waals surface area (Å²) in [4.78, 5) is 17.4. The third-order valence-electron chi connectivity index (χ3n) is 2.51. The molecular weight excluding hydrogens is 406 g/mol. The van der Waals surface area contributed by atoms with Crippen LogP contribution in [0, 0.1) is 0 Å². The number of carbonyl (C=O) groups is 1. The van der Waals surface area contributed by atoms with Crippen LogP contribution in [0.2, 0.25) is 0 Å². The minimum Gasteiger partial charge on any atom is -0.497 e. The highest BCUT2D eigenvalue weighted by atomic mass is 79.9. The van der Waals surface area contributed by atoms with Gasteiger partial charge in [-0.05, 0) is 48.2 Å². The van der Waals surface area contributed by atoms with Crippen molar-refractivity contribution in [1.29, 1.82) is 0 Å². The van der Waals surface area contributed by atoms with Crippen molar-refractivity contribution in [1.82, 2.24) is 4.98 Å². The van der Waals surface area contributed by atoms with Gasteiger partial charge in [-0.25, -0.2) is 0 Å². The van der Waals surface area contributed by atoms with Crippen molar-refractivity contribution < 1.29 is 9.53 Å². The molecule has 0 amide bonds. The number of nitrogens with zero attached hydrogens (tertiary/aromatic N) is 1. The molecule has 1 heterocycles. The van der Waals surface area contributed by atoms with Crippen LogP contribution < -0.4 is 4.74 Å². The number of carbonyl (C=O) groups excluding carboxylic acids is 1. The van der Waals surface area contributed by atoms with E-state index in [4.69, 9.17) is 4.74 Å². The van der Waals surface area contributed by atoms with Crippen LogP contribution in [0.5, 0.6) is 5.75 Å². The second-order valence-corrected chi connectivity index (χ2v) is 8.34. The molecule has 0 radical (unpaired) electrons. The smallest absolute Gasteiger partial charge is 0.227 e. The number of hydrogen-bond donors (Lipinski definition) is 0. The SMILES string of the molecule is COc1ccc(SC(=O)C(Br)(Br)c2ccccn2)cc1. The summed E-state index contributed by atoms with van der Waals surface area (Å²) < 4.78 is 4.09. The highest BCUT2D eigenvalue weighted by Gasteiger charge is 2.36. The van der Waals surface area contributed by atoms with Crippen molar-refractivity contribution in [3.63, 3.8) is 0 Å². The van der Waals surface area contributed by atoms with Gasteiger partial charge in [0, 0.05) is 11.1 Å². The monoisotopic (exact) mass is 415 g/mol. The maximum absolute atomic E-state index is 12.4. The van der Waals surface area contributed by atoms with Crippen molar-refractivity contribution in [3.05, 3.63) is 54.4 Å². The molecule has 2 rings (SSSR count). The molecule has 0 bridgehead atoms. The molecule has 0 saturated heterocycles. The lowest BCUT2D eigenvalue weighted by Crippen LogP contribution is -2.20. The van der Waals surface area contributed by atoms with Crippen molar-refractivity contribution in [2.75, 3.05) is 7.11 Å². The van der Waals surface area contributed by atoms with Crippen LogP contribution >= 0.6 is 43.6 Å². The van der Waals surface area contributed by atoms with Gasteiger partial charge in [-0.3, -0.25) is 9.78 Å². The van der Waals surface area contributed by atoms with Crippen molar-refractivity contribution in [2.24, 2.45) is 0 Å². The van der Waals surface area contributed by atoms with Crippen LogP contribution in [0.4, 0.5) is 0 Å². The molecule has 0 aliphatic heterocycles. The Labute approximate surface area is 138 Å². The van der Waals surface area contributed by atoms with E-state index in [-0.39, 0.29) is 5.12 Å². The summed E-state index contributed by atoms with van der Waals surface area (Å²) in [6.07, 6.45) is 1.65. The zero-order valence-electron chi connectivity index (χ0n) is 10.5. The first-order valence-electron chi connectivity index (χ1n) is 5.69. The second kappa shape index (κ2) is 6.74. The van der Waals surface area contributed by atoms with E-state index in [1.165, 1.54) is 0 Å². The normalized spacial score (nSPS) is 11.2. The average Bonchev–Trinajstić information content (AvgIpc) is 2.49. The zero-order chi connectivity index (χ0) is 14.6. The molecule has 0 unspecified atom stereocenters. The third kappa shape index (κ3) is 3.62. The Kier molecular flexibility index (Phi) is 5.23. The largest absolute Gasteiger partial charge is 0.497 e. The van der Waals surface area contributed by atoms with E-state index in [2.05, 4.69) is 36.8 Å². The van der Waals surface area contributed by atoms with E-state index in [9.17, 15) is 4.79 Å². The first kappa shape index (κ1) is 15.5. The molecule has 0 spiro atoms. The Morgan fingerprint density at radius 3 is 2.45 bits per heavy atom. The van der Waals surface area contributed by atoms with Crippen LogP contribution in [0.1, 0.15) is 5.69 Å². The second-order valence-electron chi connectivity index (χ2n) is 3.85. The predicted octanol–water partition coefficient (Wildman–Crippen LogP) is 4.35. The Bertz CT molecular complexity index is 588. The molecule has 0 saturated carbocycles. The number of aromatic nitrogens is 1. The van der Waals surface area contributed by atoms with Gasteiger partial charge >= 0.3 is 0 Å². The molecule has 104 valence electrons. The molecule has 1 aromatic heterocycles. The Hall–Kier alpha value is -0.850. The number of benzene rings is 1. The maximum Gasteiger partial charge on any atom is 0.227 e. The summed E-state index contributed by atoms with van der Waals surface area (Å²) in [6, 6.07) is 12.8. The van der Waals surface area contributed by atoms with E-state index >= 15 is 0 Å². The lowest BCUT2D eigenvalue weighted by atomic mass is 10.3. The number of hydrogen-bond acceptors (Lipinski definition) is 4. The van der Waals surface area contributed by atoms with Gasteiger partial charge in [-0.15, -0.1) is 0 Å². The molecule has 0 fully saturated rings. The molecule has 0 aliphatic rings. The van der Waals surface area contributed by atoms with Gasteiger partial charge < -0.3 is 4.74 Å². The summed E-state index contributed by atoms with van der Waals surface area (Å²) in [7, 11) is 1.61. The van der Waals surface area contributed by atoms with Gasteiger partial charge in [0.25, 0.3) is 0 Å². The number of pyridine rings is 1. The molecule has 6 heteroatoms. The number of methoxy groups -OCH3 is 1. The standard InChI is InChI=1S/C14H11Br2NO2S/c1-19-10-5-7-11(8-6-10)20-13(18)14(15,16)12-4-2-3-9-17-12/h2-9H,1H3. The quantitative estimate of drug-likeness (QED) is 0.548. The van der Waals surface area contributed by atoms with Crippen molar-refractivity contribution in [2.45, 2.75) is 8.13 Å². The van der Waals surface area contributed by atoms with E-state index in [1.54, 1.807) is 25.4 Å². The van der Waals surface area contributed by atoms with Crippen LogP contribution in [0.25, 0.3) is 0 Å². The summed E-state index contributed by atoms with van der Waals surface area (Å²) >= 11 is 7.94. The number of thioether (sulfide) groups is 1. The Balaban J connectivity index is 2.14. The summed E-state index contributed by atoms with van der Waals surface area (Å²) in [5, 5.41) is -0.0960. The number of alkyl halides is 2. The third-order valence-corrected chi connectivity index (χ3v) is 5.57. The molecule has 0 aliphatic carbocycles. The van der Waals surface area contributed by atoms with E-state index in [1.807, 2.05) is 30.3 Å². The minimum atomic E-state index is -0.994. The lowest BCUT2D eigenvalue weighted by Gasteiger charge is -2.17. The molecule has 20 heavy (non-hydrogen) atoms. The first-order valence-corrected chi connectivity index (χ1v) is 8.10. The van der Waals surface area contributed by atoms with Gasteiger partial charge in [0.1, 0.15) is 5.75 Å². The molecule has 3 nitrogen and oxygen atoms in total. The molecule has 2 aromatic rings.